The van der Waals surface area contributed by atoms with Gasteiger partial charge in [0.25, 0.3) is 5.91 Å². The number of carbonyl (C=O) groups excluding carboxylic acids is 1. The summed E-state index contributed by atoms with van der Waals surface area (Å²) in [4.78, 5) is 12.8. The topological polar surface area (TPSA) is 33.5 Å². The molecule has 0 atom stereocenters. The first-order valence-electron chi connectivity index (χ1n) is 5.97. The Hall–Kier alpha value is -1.76. The van der Waals surface area contributed by atoms with Crippen LogP contribution in [0.15, 0.2) is 45.8 Å². The third kappa shape index (κ3) is 3.66. The Morgan fingerprint density at radius 3 is 2.71 bits per heavy atom. The molecule has 7 heteroatoms. The van der Waals surface area contributed by atoms with Crippen molar-refractivity contribution < 1.29 is 22.4 Å². The summed E-state index contributed by atoms with van der Waals surface area (Å²) >= 11 is 3.26. The second-order valence-corrected chi connectivity index (χ2v) is 5.21. The highest BCUT2D eigenvalue weighted by atomic mass is 79.9. The minimum atomic E-state index is -4.48. The van der Waals surface area contributed by atoms with E-state index in [2.05, 4.69) is 22.5 Å². The Kier molecular flexibility index (Phi) is 4.41. The third-order valence-electron chi connectivity index (χ3n) is 2.71. The number of fused-ring (bicyclic) bond motifs is 1. The van der Waals surface area contributed by atoms with Gasteiger partial charge in [0.2, 0.25) is 0 Å². The summed E-state index contributed by atoms with van der Waals surface area (Å²) in [5.41, 5.74) is 0.423. The van der Waals surface area contributed by atoms with Gasteiger partial charge in [-0.05, 0) is 28.1 Å². The summed E-state index contributed by atoms with van der Waals surface area (Å²) in [5, 5.41) is 0.637. The molecule has 1 aromatic carbocycles. The van der Waals surface area contributed by atoms with Gasteiger partial charge in [0.15, 0.2) is 5.76 Å². The molecule has 0 spiro atoms. The number of rotatable bonds is 4. The molecule has 21 heavy (non-hydrogen) atoms. The number of nitrogens with zero attached hydrogens (tertiary/aromatic N) is 1. The number of para-hydroxylation sites is 1. The van der Waals surface area contributed by atoms with Crippen molar-refractivity contribution in [2.75, 3.05) is 13.1 Å². The van der Waals surface area contributed by atoms with Crippen LogP contribution in [0.3, 0.4) is 0 Å². The molecule has 3 nitrogen and oxygen atoms in total. The van der Waals surface area contributed by atoms with Gasteiger partial charge in [-0.3, -0.25) is 4.79 Å². The van der Waals surface area contributed by atoms with Crippen molar-refractivity contribution in [3.05, 3.63) is 47.2 Å². The molecule has 0 fully saturated rings. The van der Waals surface area contributed by atoms with Crippen molar-refractivity contribution >= 4 is 32.8 Å². The lowest BCUT2D eigenvalue weighted by atomic mass is 10.2. The maximum absolute atomic E-state index is 12.5. The summed E-state index contributed by atoms with van der Waals surface area (Å²) in [5.74, 6) is -0.960. The highest BCUT2D eigenvalue weighted by Gasteiger charge is 2.33. The number of alkyl halides is 3. The minimum absolute atomic E-state index is 0.136. The third-order valence-corrected chi connectivity index (χ3v) is 3.34. The van der Waals surface area contributed by atoms with Crippen LogP contribution in [0.2, 0.25) is 0 Å². The van der Waals surface area contributed by atoms with Crippen molar-refractivity contribution in [2.24, 2.45) is 0 Å². The van der Waals surface area contributed by atoms with Crippen molar-refractivity contribution in [3.63, 3.8) is 0 Å². The SMILES string of the molecule is C=CCN(CC(F)(F)F)C(=O)c1cc2cccc(Br)c2o1. The molecule has 2 aromatic rings. The lowest BCUT2D eigenvalue weighted by molar-refractivity contribution is -0.139. The van der Waals surface area contributed by atoms with E-state index < -0.39 is 18.6 Å². The number of amides is 1. The number of halogens is 4. The van der Waals surface area contributed by atoms with E-state index in [1.54, 1.807) is 18.2 Å². The largest absolute Gasteiger partial charge is 0.450 e. The Morgan fingerprint density at radius 1 is 1.43 bits per heavy atom. The Bertz CT molecular complexity index is 678. The molecular formula is C14H11BrF3NO2. The van der Waals surface area contributed by atoms with Crippen LogP contribution in [-0.2, 0) is 0 Å². The number of carbonyl (C=O) groups is 1. The van der Waals surface area contributed by atoms with Crippen molar-refractivity contribution in [3.8, 4) is 0 Å². The van der Waals surface area contributed by atoms with Crippen LogP contribution in [0.1, 0.15) is 10.6 Å². The molecule has 0 N–H and O–H groups in total. The second-order valence-electron chi connectivity index (χ2n) is 4.36. The maximum atomic E-state index is 12.5. The van der Waals surface area contributed by atoms with E-state index in [0.717, 1.165) is 0 Å². The average molecular weight is 362 g/mol. The minimum Gasteiger partial charge on any atom is -0.450 e. The molecule has 0 aliphatic heterocycles. The summed E-state index contributed by atoms with van der Waals surface area (Å²) in [6, 6.07) is 6.60. The summed E-state index contributed by atoms with van der Waals surface area (Å²) in [6.45, 7) is 1.80. The van der Waals surface area contributed by atoms with E-state index >= 15 is 0 Å². The van der Waals surface area contributed by atoms with Gasteiger partial charge in [-0.2, -0.15) is 13.2 Å². The van der Waals surface area contributed by atoms with Gasteiger partial charge >= 0.3 is 6.18 Å². The van der Waals surface area contributed by atoms with E-state index in [1.807, 2.05) is 0 Å². The molecular weight excluding hydrogens is 351 g/mol. The molecule has 0 aliphatic rings. The lowest BCUT2D eigenvalue weighted by Gasteiger charge is -2.21. The molecule has 1 heterocycles. The highest BCUT2D eigenvalue weighted by molar-refractivity contribution is 9.10. The van der Waals surface area contributed by atoms with Crippen LogP contribution in [-0.4, -0.2) is 30.1 Å². The normalized spacial score (nSPS) is 11.6. The summed E-state index contributed by atoms with van der Waals surface area (Å²) in [7, 11) is 0. The molecule has 0 saturated heterocycles. The van der Waals surface area contributed by atoms with Gasteiger partial charge in [-0.25, -0.2) is 0 Å². The molecule has 0 bridgehead atoms. The molecule has 2 rings (SSSR count). The molecule has 0 saturated carbocycles. The van der Waals surface area contributed by atoms with E-state index in [1.165, 1.54) is 12.1 Å². The molecule has 1 amide bonds. The molecule has 0 unspecified atom stereocenters. The van der Waals surface area contributed by atoms with Gasteiger partial charge < -0.3 is 9.32 Å². The van der Waals surface area contributed by atoms with E-state index in [4.69, 9.17) is 4.42 Å². The number of furan rings is 1. The van der Waals surface area contributed by atoms with Gasteiger partial charge in [-0.15, -0.1) is 6.58 Å². The fraction of sp³-hybridized carbons (Fsp3) is 0.214. The molecule has 0 aliphatic carbocycles. The Balaban J connectivity index is 2.34. The first-order valence-corrected chi connectivity index (χ1v) is 6.76. The molecule has 1 aromatic heterocycles. The van der Waals surface area contributed by atoms with E-state index in [-0.39, 0.29) is 12.3 Å². The summed E-state index contributed by atoms with van der Waals surface area (Å²) in [6.07, 6.45) is -3.24. The van der Waals surface area contributed by atoms with Gasteiger partial charge in [0, 0.05) is 11.9 Å². The van der Waals surface area contributed by atoms with E-state index in [9.17, 15) is 18.0 Å². The van der Waals surface area contributed by atoms with Crippen LogP contribution >= 0.6 is 15.9 Å². The van der Waals surface area contributed by atoms with Crippen molar-refractivity contribution in [1.29, 1.82) is 0 Å². The Morgan fingerprint density at radius 2 is 2.14 bits per heavy atom. The van der Waals surface area contributed by atoms with E-state index in [0.29, 0.717) is 20.3 Å². The zero-order chi connectivity index (χ0) is 15.6. The fourth-order valence-electron chi connectivity index (χ4n) is 1.88. The van der Waals surface area contributed by atoms with Crippen molar-refractivity contribution in [1.82, 2.24) is 4.90 Å². The monoisotopic (exact) mass is 361 g/mol. The van der Waals surface area contributed by atoms with Crippen LogP contribution in [0.5, 0.6) is 0 Å². The lowest BCUT2D eigenvalue weighted by Crippen LogP contribution is -2.38. The van der Waals surface area contributed by atoms with Gasteiger partial charge in [-0.1, -0.05) is 18.2 Å². The zero-order valence-corrected chi connectivity index (χ0v) is 12.4. The van der Waals surface area contributed by atoms with Crippen LogP contribution in [0.4, 0.5) is 13.2 Å². The quantitative estimate of drug-likeness (QED) is 0.757. The maximum Gasteiger partial charge on any atom is 0.406 e. The van der Waals surface area contributed by atoms with Gasteiger partial charge in [0.05, 0.1) is 4.47 Å². The van der Waals surface area contributed by atoms with Crippen LogP contribution < -0.4 is 0 Å². The number of benzene rings is 1. The fourth-order valence-corrected chi connectivity index (χ4v) is 2.34. The summed E-state index contributed by atoms with van der Waals surface area (Å²) < 4.78 is 43.5. The van der Waals surface area contributed by atoms with Crippen LogP contribution in [0, 0.1) is 0 Å². The van der Waals surface area contributed by atoms with Gasteiger partial charge in [0.1, 0.15) is 12.1 Å². The smallest absolute Gasteiger partial charge is 0.406 e. The number of hydrogen-bond donors (Lipinski definition) is 0. The average Bonchev–Trinajstić information content (AvgIpc) is 2.81. The Labute approximate surface area is 127 Å². The predicted molar refractivity (Wildman–Crippen MR) is 76.1 cm³/mol. The first kappa shape index (κ1) is 15.6. The predicted octanol–water partition coefficient (Wildman–Crippen LogP) is 4.39. The first-order chi connectivity index (χ1) is 9.81. The zero-order valence-electron chi connectivity index (χ0n) is 10.8. The van der Waals surface area contributed by atoms with Crippen molar-refractivity contribution in [2.45, 2.75) is 6.18 Å². The second kappa shape index (κ2) is 5.93. The highest BCUT2D eigenvalue weighted by Crippen LogP contribution is 2.28. The number of hydrogen-bond acceptors (Lipinski definition) is 2. The standard InChI is InChI=1S/C14H11BrF3NO2/c1-2-6-19(8-14(16,17)18)13(20)11-7-9-4-3-5-10(15)12(9)21-11/h2-5,7H,1,6,8H2. The molecule has 0 radical (unpaired) electrons. The molecule has 112 valence electrons. The van der Waals surface area contributed by atoms with Crippen LogP contribution in [0.25, 0.3) is 11.0 Å².